The van der Waals surface area contributed by atoms with Gasteiger partial charge in [-0.3, -0.25) is 14.3 Å². The second-order valence-corrected chi connectivity index (χ2v) is 6.87. The van der Waals surface area contributed by atoms with Crippen molar-refractivity contribution in [2.75, 3.05) is 6.54 Å². The third-order valence-corrected chi connectivity index (χ3v) is 4.92. The molecule has 0 radical (unpaired) electrons. The number of hydrogen-bond acceptors (Lipinski definition) is 6. The molecule has 5 rings (SSSR count). The van der Waals surface area contributed by atoms with Crippen LogP contribution in [0.25, 0.3) is 11.0 Å². The van der Waals surface area contributed by atoms with Crippen LogP contribution in [-0.2, 0) is 29.7 Å². The van der Waals surface area contributed by atoms with Gasteiger partial charge in [0.05, 0.1) is 30.5 Å². The molecule has 0 saturated heterocycles. The molecule has 1 amide bonds. The number of carbonyl (C=O) groups is 2. The lowest BCUT2D eigenvalue weighted by Gasteiger charge is -2.31. The SMILES string of the molecule is Cn1cc(C2CN(C(=O)Cn3nc4ccccc4n3)Cc3[nH]cnc32)cn1.O=CO. The highest BCUT2D eigenvalue weighted by Gasteiger charge is 2.32. The third-order valence-electron chi connectivity index (χ3n) is 4.92. The number of aryl methyl sites for hydroxylation is 1. The Hall–Kier alpha value is -4.02. The largest absolute Gasteiger partial charge is 0.483 e. The zero-order valence-corrected chi connectivity index (χ0v) is 16.2. The van der Waals surface area contributed by atoms with Crippen molar-refractivity contribution in [1.82, 2.24) is 39.6 Å². The zero-order chi connectivity index (χ0) is 21.1. The summed E-state index contributed by atoms with van der Waals surface area (Å²) in [4.78, 5) is 32.2. The number of imidazole rings is 1. The number of carboxylic acid groups (broad SMARTS) is 1. The van der Waals surface area contributed by atoms with Gasteiger partial charge in [-0.05, 0) is 12.1 Å². The van der Waals surface area contributed by atoms with Crippen LogP contribution in [0.1, 0.15) is 22.9 Å². The normalized spacial score (nSPS) is 15.4. The molecular weight excluding hydrogens is 388 g/mol. The van der Waals surface area contributed by atoms with Crippen molar-refractivity contribution in [3.8, 4) is 0 Å². The summed E-state index contributed by atoms with van der Waals surface area (Å²) in [6.07, 6.45) is 5.49. The van der Waals surface area contributed by atoms with Crippen LogP contribution in [0.15, 0.2) is 43.0 Å². The standard InChI is InChI=1S/C18H18N8O.CH2O2/c1-24-7-12(6-21-24)13-8-25(9-16-18(13)20-11-19-16)17(27)10-26-22-14-4-2-3-5-15(14)23-26;2-1-3/h2-7,11,13H,8-10H2,1H3,(H,19,20);1H,(H,2,3). The number of fused-ring (bicyclic) bond motifs is 2. The Morgan fingerprint density at radius 2 is 2.00 bits per heavy atom. The fourth-order valence-corrected chi connectivity index (χ4v) is 3.59. The van der Waals surface area contributed by atoms with Crippen LogP contribution in [-0.4, -0.2) is 63.7 Å². The minimum Gasteiger partial charge on any atom is -0.483 e. The highest BCUT2D eigenvalue weighted by atomic mass is 16.3. The van der Waals surface area contributed by atoms with Crippen LogP contribution in [0.4, 0.5) is 0 Å². The van der Waals surface area contributed by atoms with Crippen molar-refractivity contribution < 1.29 is 14.7 Å². The maximum Gasteiger partial charge on any atom is 0.290 e. The van der Waals surface area contributed by atoms with Crippen LogP contribution >= 0.6 is 0 Å². The van der Waals surface area contributed by atoms with Crippen molar-refractivity contribution >= 4 is 23.4 Å². The molecule has 0 bridgehead atoms. The summed E-state index contributed by atoms with van der Waals surface area (Å²) in [5.41, 5.74) is 4.56. The summed E-state index contributed by atoms with van der Waals surface area (Å²) in [6.45, 7) is 0.923. The van der Waals surface area contributed by atoms with E-state index in [0.29, 0.717) is 13.1 Å². The summed E-state index contributed by atoms with van der Waals surface area (Å²) in [5, 5.41) is 19.9. The van der Waals surface area contributed by atoms with Gasteiger partial charge in [-0.1, -0.05) is 12.1 Å². The number of aromatic amines is 1. The second kappa shape index (κ2) is 8.15. The molecule has 4 heterocycles. The second-order valence-electron chi connectivity index (χ2n) is 6.87. The lowest BCUT2D eigenvalue weighted by molar-refractivity contribution is -0.133. The molecule has 1 aliphatic heterocycles. The maximum atomic E-state index is 12.9. The summed E-state index contributed by atoms with van der Waals surface area (Å²) in [5.74, 6) is -0.0215. The van der Waals surface area contributed by atoms with E-state index in [4.69, 9.17) is 9.90 Å². The number of aromatic nitrogens is 7. The topological polar surface area (TPSA) is 135 Å². The molecule has 2 N–H and O–H groups in total. The molecule has 0 saturated carbocycles. The van der Waals surface area contributed by atoms with Crippen molar-refractivity contribution in [1.29, 1.82) is 0 Å². The molecular formula is C19H20N8O3. The number of H-pyrrole nitrogens is 1. The molecule has 30 heavy (non-hydrogen) atoms. The highest BCUT2D eigenvalue weighted by Crippen LogP contribution is 2.31. The monoisotopic (exact) mass is 408 g/mol. The minimum atomic E-state index is -0.250. The molecule has 3 aromatic heterocycles. The van der Waals surface area contributed by atoms with E-state index in [1.807, 2.05) is 48.6 Å². The van der Waals surface area contributed by atoms with Gasteiger partial charge in [-0.25, -0.2) is 4.98 Å². The number of rotatable bonds is 3. The van der Waals surface area contributed by atoms with Gasteiger partial charge >= 0.3 is 0 Å². The molecule has 11 heteroatoms. The zero-order valence-electron chi connectivity index (χ0n) is 16.2. The summed E-state index contributed by atoms with van der Waals surface area (Å²) >= 11 is 0. The summed E-state index contributed by atoms with van der Waals surface area (Å²) in [6, 6.07) is 7.59. The van der Waals surface area contributed by atoms with Crippen molar-refractivity contribution in [3.63, 3.8) is 0 Å². The van der Waals surface area contributed by atoms with E-state index < -0.39 is 0 Å². The Morgan fingerprint density at radius 3 is 2.63 bits per heavy atom. The van der Waals surface area contributed by atoms with Crippen molar-refractivity contribution in [2.45, 2.75) is 19.0 Å². The van der Waals surface area contributed by atoms with Crippen LogP contribution < -0.4 is 0 Å². The predicted molar refractivity (Wildman–Crippen MR) is 105 cm³/mol. The first-order valence-electron chi connectivity index (χ1n) is 9.25. The fourth-order valence-electron chi connectivity index (χ4n) is 3.59. The molecule has 154 valence electrons. The summed E-state index contributed by atoms with van der Waals surface area (Å²) in [7, 11) is 1.88. The Kier molecular flexibility index (Phi) is 5.24. The van der Waals surface area contributed by atoms with Gasteiger partial charge in [-0.2, -0.15) is 20.1 Å². The van der Waals surface area contributed by atoms with E-state index >= 15 is 0 Å². The molecule has 1 aliphatic rings. The van der Waals surface area contributed by atoms with Crippen LogP contribution in [0, 0.1) is 0 Å². The summed E-state index contributed by atoms with van der Waals surface area (Å²) < 4.78 is 1.77. The average Bonchev–Trinajstić information content (AvgIpc) is 3.46. The smallest absolute Gasteiger partial charge is 0.290 e. The lowest BCUT2D eigenvalue weighted by atomic mass is 9.93. The quantitative estimate of drug-likeness (QED) is 0.478. The molecule has 0 spiro atoms. The number of nitrogens with one attached hydrogen (secondary N) is 1. The Morgan fingerprint density at radius 1 is 1.30 bits per heavy atom. The first kappa shape index (κ1) is 19.3. The molecule has 1 aromatic carbocycles. The van der Waals surface area contributed by atoms with Crippen LogP contribution in [0.5, 0.6) is 0 Å². The van der Waals surface area contributed by atoms with Gasteiger partial charge in [0.25, 0.3) is 6.47 Å². The first-order valence-corrected chi connectivity index (χ1v) is 9.25. The highest BCUT2D eigenvalue weighted by molar-refractivity contribution is 5.77. The van der Waals surface area contributed by atoms with E-state index in [0.717, 1.165) is 28.0 Å². The average molecular weight is 408 g/mol. The third kappa shape index (κ3) is 3.77. The number of benzene rings is 1. The molecule has 4 aromatic rings. The van der Waals surface area contributed by atoms with Crippen LogP contribution in [0.2, 0.25) is 0 Å². The minimum absolute atomic E-state index is 0.00213. The van der Waals surface area contributed by atoms with E-state index in [2.05, 4.69) is 25.3 Å². The van der Waals surface area contributed by atoms with E-state index in [9.17, 15) is 4.79 Å². The number of hydrogen-bond donors (Lipinski definition) is 2. The lowest BCUT2D eigenvalue weighted by Crippen LogP contribution is -2.40. The maximum absolute atomic E-state index is 12.9. The van der Waals surface area contributed by atoms with Gasteiger partial charge in [-0.15, -0.1) is 0 Å². The Balaban J connectivity index is 0.000000687. The fraction of sp³-hybridized carbons (Fsp3) is 0.263. The van der Waals surface area contributed by atoms with Gasteiger partial charge in [0.1, 0.15) is 17.6 Å². The predicted octanol–water partition coefficient (Wildman–Crippen LogP) is 0.763. The van der Waals surface area contributed by atoms with E-state index in [1.165, 1.54) is 4.80 Å². The van der Waals surface area contributed by atoms with Gasteiger partial charge in [0, 0.05) is 31.3 Å². The van der Waals surface area contributed by atoms with Gasteiger partial charge in [0.15, 0.2) is 0 Å². The molecule has 1 unspecified atom stereocenters. The molecule has 0 aliphatic carbocycles. The number of carbonyl (C=O) groups excluding carboxylic acids is 1. The number of nitrogens with zero attached hydrogens (tertiary/aromatic N) is 7. The van der Waals surface area contributed by atoms with Gasteiger partial charge < -0.3 is 15.0 Å². The first-order chi connectivity index (χ1) is 14.6. The van der Waals surface area contributed by atoms with Crippen molar-refractivity contribution in [2.24, 2.45) is 7.05 Å². The molecule has 11 nitrogen and oxygen atoms in total. The van der Waals surface area contributed by atoms with E-state index in [1.54, 1.807) is 11.0 Å². The van der Waals surface area contributed by atoms with Crippen LogP contribution in [0.3, 0.4) is 0 Å². The molecule has 1 atom stereocenters. The van der Waals surface area contributed by atoms with Gasteiger partial charge in [0.2, 0.25) is 5.91 Å². The van der Waals surface area contributed by atoms with E-state index in [-0.39, 0.29) is 24.8 Å². The Labute approximate surface area is 170 Å². The molecule has 0 fully saturated rings. The number of amides is 1. The Bertz CT molecular complexity index is 1140. The van der Waals surface area contributed by atoms with Crippen molar-refractivity contribution in [3.05, 3.63) is 59.9 Å².